The van der Waals surface area contributed by atoms with Gasteiger partial charge >= 0.3 is 5.97 Å². The Morgan fingerprint density at radius 2 is 2.00 bits per heavy atom. The van der Waals surface area contributed by atoms with Crippen molar-refractivity contribution in [3.63, 3.8) is 0 Å². The van der Waals surface area contributed by atoms with E-state index in [0.29, 0.717) is 6.54 Å². The lowest BCUT2D eigenvalue weighted by atomic mass is 9.95. The minimum Gasteiger partial charge on any atom is -0.481 e. The molecule has 1 heterocycles. The van der Waals surface area contributed by atoms with Crippen molar-refractivity contribution < 1.29 is 14.7 Å². The van der Waals surface area contributed by atoms with Crippen LogP contribution >= 0.6 is 11.3 Å². The molecule has 5 heteroatoms. The zero-order valence-electron chi connectivity index (χ0n) is 10.2. The van der Waals surface area contributed by atoms with Crippen LogP contribution < -0.4 is 5.32 Å². The first kappa shape index (κ1) is 13.7. The predicted molar refractivity (Wildman–Crippen MR) is 66.9 cm³/mol. The van der Waals surface area contributed by atoms with Gasteiger partial charge < -0.3 is 10.4 Å². The first-order valence-corrected chi connectivity index (χ1v) is 6.29. The topological polar surface area (TPSA) is 66.4 Å². The highest BCUT2D eigenvalue weighted by molar-refractivity contribution is 7.11. The molecule has 4 nitrogen and oxygen atoms in total. The SMILES string of the molecule is Cc1ccc(CNC(=O)C(C)C(C)C(=O)O)s1. The molecular weight excluding hydrogens is 238 g/mol. The molecule has 94 valence electrons. The summed E-state index contributed by atoms with van der Waals surface area (Å²) in [6.45, 7) is 5.65. The number of aliphatic carboxylic acids is 1. The number of amides is 1. The largest absolute Gasteiger partial charge is 0.481 e. The number of carbonyl (C=O) groups is 2. The van der Waals surface area contributed by atoms with Gasteiger partial charge in [-0.25, -0.2) is 0 Å². The third kappa shape index (κ3) is 3.85. The molecule has 0 aromatic carbocycles. The molecule has 0 fully saturated rings. The third-order valence-electron chi connectivity index (χ3n) is 2.79. The summed E-state index contributed by atoms with van der Waals surface area (Å²) >= 11 is 1.63. The molecule has 2 atom stereocenters. The molecule has 2 N–H and O–H groups in total. The number of nitrogens with one attached hydrogen (secondary N) is 1. The number of carboxylic acid groups (broad SMARTS) is 1. The van der Waals surface area contributed by atoms with Crippen molar-refractivity contribution in [2.24, 2.45) is 11.8 Å². The van der Waals surface area contributed by atoms with Gasteiger partial charge in [-0.05, 0) is 19.1 Å². The van der Waals surface area contributed by atoms with E-state index in [2.05, 4.69) is 5.32 Å². The van der Waals surface area contributed by atoms with Crippen LogP contribution in [0.25, 0.3) is 0 Å². The molecule has 0 bridgehead atoms. The lowest BCUT2D eigenvalue weighted by molar-refractivity contribution is -0.146. The molecule has 0 radical (unpaired) electrons. The Balaban J connectivity index is 2.47. The lowest BCUT2D eigenvalue weighted by Crippen LogP contribution is -2.34. The Morgan fingerprint density at radius 1 is 1.35 bits per heavy atom. The van der Waals surface area contributed by atoms with Crippen LogP contribution in [0, 0.1) is 18.8 Å². The first-order valence-electron chi connectivity index (χ1n) is 5.47. The van der Waals surface area contributed by atoms with Gasteiger partial charge in [0.25, 0.3) is 0 Å². The Kier molecular flexibility index (Phi) is 4.69. The van der Waals surface area contributed by atoms with E-state index in [-0.39, 0.29) is 5.91 Å². The van der Waals surface area contributed by atoms with Gasteiger partial charge in [0, 0.05) is 15.7 Å². The van der Waals surface area contributed by atoms with Gasteiger partial charge in [0.1, 0.15) is 0 Å². The quantitative estimate of drug-likeness (QED) is 0.846. The summed E-state index contributed by atoms with van der Waals surface area (Å²) in [5.41, 5.74) is 0. The molecule has 0 saturated heterocycles. The third-order valence-corrected chi connectivity index (χ3v) is 3.79. The van der Waals surface area contributed by atoms with E-state index in [1.165, 1.54) is 4.88 Å². The van der Waals surface area contributed by atoms with Crippen molar-refractivity contribution in [3.05, 3.63) is 21.9 Å². The van der Waals surface area contributed by atoms with Gasteiger partial charge in [0.05, 0.1) is 12.5 Å². The van der Waals surface area contributed by atoms with Crippen LogP contribution in [0.3, 0.4) is 0 Å². The van der Waals surface area contributed by atoms with E-state index < -0.39 is 17.8 Å². The molecule has 1 amide bonds. The Labute approximate surface area is 105 Å². The number of rotatable bonds is 5. The van der Waals surface area contributed by atoms with Crippen molar-refractivity contribution in [3.8, 4) is 0 Å². The second-order valence-electron chi connectivity index (χ2n) is 4.15. The van der Waals surface area contributed by atoms with Crippen LogP contribution in [0.1, 0.15) is 23.6 Å². The summed E-state index contributed by atoms with van der Waals surface area (Å²) in [7, 11) is 0. The standard InChI is InChI=1S/C12H17NO3S/c1-7-4-5-10(17-7)6-13-11(14)8(2)9(3)12(15)16/h4-5,8-9H,6H2,1-3H3,(H,13,14)(H,15,16). The number of aryl methyl sites for hydroxylation is 1. The maximum absolute atomic E-state index is 11.7. The van der Waals surface area contributed by atoms with E-state index in [1.54, 1.807) is 25.2 Å². The molecule has 0 saturated carbocycles. The zero-order valence-corrected chi connectivity index (χ0v) is 11.0. The van der Waals surface area contributed by atoms with Crippen molar-refractivity contribution in [2.45, 2.75) is 27.3 Å². The van der Waals surface area contributed by atoms with Crippen LogP contribution in [0.15, 0.2) is 12.1 Å². The van der Waals surface area contributed by atoms with E-state index in [0.717, 1.165) is 4.88 Å². The average Bonchev–Trinajstić information content (AvgIpc) is 2.69. The molecule has 0 aliphatic heterocycles. The van der Waals surface area contributed by atoms with Gasteiger partial charge in [0.15, 0.2) is 0 Å². The Bertz CT molecular complexity index is 414. The molecule has 2 unspecified atom stereocenters. The van der Waals surface area contributed by atoms with Gasteiger partial charge in [-0.15, -0.1) is 11.3 Å². The predicted octanol–water partition coefficient (Wildman–Crippen LogP) is 2.03. The van der Waals surface area contributed by atoms with E-state index >= 15 is 0 Å². The van der Waals surface area contributed by atoms with Crippen LogP contribution in [-0.2, 0) is 16.1 Å². The highest BCUT2D eigenvalue weighted by Gasteiger charge is 2.25. The van der Waals surface area contributed by atoms with Crippen molar-refractivity contribution in [2.75, 3.05) is 0 Å². The van der Waals surface area contributed by atoms with E-state index in [9.17, 15) is 9.59 Å². The molecule has 1 rings (SSSR count). The van der Waals surface area contributed by atoms with E-state index in [4.69, 9.17) is 5.11 Å². The average molecular weight is 255 g/mol. The maximum atomic E-state index is 11.7. The first-order chi connectivity index (χ1) is 7.91. The Morgan fingerprint density at radius 3 is 2.47 bits per heavy atom. The van der Waals surface area contributed by atoms with Gasteiger partial charge in [-0.3, -0.25) is 9.59 Å². The second kappa shape index (κ2) is 5.82. The fourth-order valence-electron chi connectivity index (χ4n) is 1.36. The minimum absolute atomic E-state index is 0.217. The van der Waals surface area contributed by atoms with E-state index in [1.807, 2.05) is 19.1 Å². The number of hydrogen-bond acceptors (Lipinski definition) is 3. The van der Waals surface area contributed by atoms with Crippen LogP contribution in [-0.4, -0.2) is 17.0 Å². The normalized spacial score (nSPS) is 14.1. The number of carbonyl (C=O) groups excluding carboxylic acids is 1. The zero-order chi connectivity index (χ0) is 13.0. The van der Waals surface area contributed by atoms with Crippen LogP contribution in [0.4, 0.5) is 0 Å². The molecule has 1 aromatic rings. The monoisotopic (exact) mass is 255 g/mol. The minimum atomic E-state index is -0.945. The fourth-order valence-corrected chi connectivity index (χ4v) is 2.19. The molecule has 0 aliphatic carbocycles. The summed E-state index contributed by atoms with van der Waals surface area (Å²) < 4.78 is 0. The summed E-state index contributed by atoms with van der Waals surface area (Å²) in [4.78, 5) is 24.7. The van der Waals surface area contributed by atoms with Crippen molar-refractivity contribution in [1.29, 1.82) is 0 Å². The summed E-state index contributed by atoms with van der Waals surface area (Å²) in [6, 6.07) is 3.96. The summed E-state index contributed by atoms with van der Waals surface area (Å²) in [5.74, 6) is -2.35. The Hall–Kier alpha value is -1.36. The van der Waals surface area contributed by atoms with Crippen LogP contribution in [0.5, 0.6) is 0 Å². The maximum Gasteiger partial charge on any atom is 0.307 e. The van der Waals surface area contributed by atoms with Gasteiger partial charge in [-0.1, -0.05) is 13.8 Å². The molecule has 0 aliphatic rings. The van der Waals surface area contributed by atoms with Crippen molar-refractivity contribution in [1.82, 2.24) is 5.32 Å². The fraction of sp³-hybridized carbons (Fsp3) is 0.500. The lowest BCUT2D eigenvalue weighted by Gasteiger charge is -2.15. The highest BCUT2D eigenvalue weighted by Crippen LogP contribution is 2.15. The van der Waals surface area contributed by atoms with Crippen molar-refractivity contribution >= 4 is 23.2 Å². The second-order valence-corrected chi connectivity index (χ2v) is 5.52. The highest BCUT2D eigenvalue weighted by atomic mass is 32.1. The molecule has 17 heavy (non-hydrogen) atoms. The molecule has 0 spiro atoms. The summed E-state index contributed by atoms with van der Waals surface area (Å²) in [5, 5.41) is 11.6. The molecular formula is C12H17NO3S. The smallest absolute Gasteiger partial charge is 0.307 e. The van der Waals surface area contributed by atoms with Gasteiger partial charge in [-0.2, -0.15) is 0 Å². The van der Waals surface area contributed by atoms with Gasteiger partial charge in [0.2, 0.25) is 5.91 Å². The number of carboxylic acids is 1. The summed E-state index contributed by atoms with van der Waals surface area (Å²) in [6.07, 6.45) is 0. The van der Waals surface area contributed by atoms with Crippen LogP contribution in [0.2, 0.25) is 0 Å². The number of thiophene rings is 1. The number of hydrogen-bond donors (Lipinski definition) is 2. The molecule has 1 aromatic heterocycles.